The minimum absolute atomic E-state index is 0.0629. The number of thioether (sulfide) groups is 1. The van der Waals surface area contributed by atoms with Crippen LogP contribution in [0.3, 0.4) is 0 Å². The number of anilines is 3. The number of nitrogens with two attached hydrogens (primary N) is 1. The number of amides is 1. The van der Waals surface area contributed by atoms with Crippen LogP contribution in [-0.4, -0.2) is 31.9 Å². The lowest BCUT2D eigenvalue weighted by Gasteiger charge is -2.11. The van der Waals surface area contributed by atoms with Gasteiger partial charge in [-0.2, -0.15) is 15.0 Å². The molecule has 1 aliphatic carbocycles. The average molecular weight is 458 g/mol. The van der Waals surface area contributed by atoms with Crippen molar-refractivity contribution in [2.75, 3.05) is 11.1 Å². The van der Waals surface area contributed by atoms with E-state index in [1.807, 2.05) is 61.5 Å². The van der Waals surface area contributed by atoms with Crippen LogP contribution in [0.25, 0.3) is 10.9 Å². The van der Waals surface area contributed by atoms with E-state index < -0.39 is 0 Å². The molecule has 0 bridgehead atoms. The lowest BCUT2D eigenvalue weighted by atomic mass is 10.1. The second-order valence-electron chi connectivity index (χ2n) is 7.93. The number of aryl methyl sites for hydroxylation is 1. The maximum atomic E-state index is 12.8. The zero-order valence-electron chi connectivity index (χ0n) is 18.1. The molecule has 0 spiro atoms. The summed E-state index contributed by atoms with van der Waals surface area (Å²) >= 11 is 1.45. The van der Waals surface area contributed by atoms with Crippen molar-refractivity contribution >= 4 is 46.2 Å². The van der Waals surface area contributed by atoms with Gasteiger partial charge in [0, 0.05) is 17.1 Å². The van der Waals surface area contributed by atoms with Gasteiger partial charge in [-0.15, -0.1) is 0 Å². The number of hydrogen-bond donors (Lipinski definition) is 3. The molecule has 0 unspecified atom stereocenters. The summed E-state index contributed by atoms with van der Waals surface area (Å²) in [5.74, 6) is 1.44. The molecule has 2 heterocycles. The molecule has 9 heteroatoms. The lowest BCUT2D eigenvalue weighted by Crippen LogP contribution is -2.25. The molecule has 2 aromatic carbocycles. The number of carbonyl (C=O) groups excluding carboxylic acids is 1. The van der Waals surface area contributed by atoms with Crippen LogP contribution < -0.4 is 16.4 Å². The van der Waals surface area contributed by atoms with E-state index in [2.05, 4.69) is 25.6 Å². The highest BCUT2D eigenvalue weighted by atomic mass is 32.2. The van der Waals surface area contributed by atoms with E-state index in [9.17, 15) is 4.79 Å². The maximum Gasteiger partial charge on any atom is 0.252 e. The second kappa shape index (κ2) is 9.03. The summed E-state index contributed by atoms with van der Waals surface area (Å²) in [6.07, 6.45) is 2.08. The summed E-state index contributed by atoms with van der Waals surface area (Å²) in [5.41, 5.74) is 9.32. The molecule has 0 saturated heterocycles. The predicted molar refractivity (Wildman–Crippen MR) is 130 cm³/mol. The molecular formula is C24H23N7OS. The molecule has 33 heavy (non-hydrogen) atoms. The van der Waals surface area contributed by atoms with Crippen molar-refractivity contribution < 1.29 is 4.79 Å². The van der Waals surface area contributed by atoms with E-state index >= 15 is 0 Å². The topological polar surface area (TPSA) is 119 Å². The number of fused-ring (bicyclic) bond motifs is 1. The van der Waals surface area contributed by atoms with E-state index in [0.717, 1.165) is 40.0 Å². The highest BCUT2D eigenvalue weighted by Gasteiger charge is 2.25. The molecule has 8 nitrogen and oxygen atoms in total. The highest BCUT2D eigenvalue weighted by molar-refractivity contribution is 7.98. The molecule has 1 amide bonds. The largest absolute Gasteiger partial charge is 0.368 e. The molecule has 4 N–H and O–H groups in total. The van der Waals surface area contributed by atoms with E-state index in [1.54, 1.807) is 0 Å². The molecule has 0 aliphatic heterocycles. The van der Waals surface area contributed by atoms with Crippen molar-refractivity contribution in [2.45, 2.75) is 36.6 Å². The first-order chi connectivity index (χ1) is 16.0. The Labute approximate surface area is 195 Å². The van der Waals surface area contributed by atoms with Crippen LogP contribution in [0.1, 0.15) is 34.6 Å². The molecular weight excluding hydrogens is 434 g/mol. The van der Waals surface area contributed by atoms with E-state index in [1.165, 1.54) is 11.8 Å². The first kappa shape index (κ1) is 21.1. The van der Waals surface area contributed by atoms with E-state index in [4.69, 9.17) is 10.7 Å². The van der Waals surface area contributed by atoms with Crippen molar-refractivity contribution in [3.05, 3.63) is 71.5 Å². The normalized spacial score (nSPS) is 13.1. The fourth-order valence-electron chi connectivity index (χ4n) is 3.43. The van der Waals surface area contributed by atoms with Crippen LogP contribution in [0.4, 0.5) is 17.6 Å². The molecule has 0 radical (unpaired) electrons. The summed E-state index contributed by atoms with van der Waals surface area (Å²) < 4.78 is 0. The number of pyridine rings is 1. The van der Waals surface area contributed by atoms with Gasteiger partial charge in [-0.25, -0.2) is 4.98 Å². The van der Waals surface area contributed by atoms with Crippen molar-refractivity contribution in [1.82, 2.24) is 25.3 Å². The summed E-state index contributed by atoms with van der Waals surface area (Å²) in [7, 11) is 0. The fraction of sp³-hybridized carbons (Fsp3) is 0.208. The van der Waals surface area contributed by atoms with Crippen LogP contribution in [0, 0.1) is 6.92 Å². The predicted octanol–water partition coefficient (Wildman–Crippen LogP) is 4.24. The number of carbonyl (C=O) groups is 1. The minimum Gasteiger partial charge on any atom is -0.368 e. The Hall–Kier alpha value is -3.72. The zero-order chi connectivity index (χ0) is 22.8. The van der Waals surface area contributed by atoms with Gasteiger partial charge in [0.1, 0.15) is 5.82 Å². The highest BCUT2D eigenvalue weighted by Crippen LogP contribution is 2.28. The Morgan fingerprint density at radius 3 is 2.67 bits per heavy atom. The molecule has 1 saturated carbocycles. The summed E-state index contributed by atoms with van der Waals surface area (Å²) in [4.78, 5) is 30.5. The lowest BCUT2D eigenvalue weighted by molar-refractivity contribution is 0.0952. The third kappa shape index (κ3) is 5.04. The van der Waals surface area contributed by atoms with Crippen LogP contribution >= 0.6 is 11.8 Å². The molecule has 4 aromatic rings. The van der Waals surface area contributed by atoms with Crippen molar-refractivity contribution in [3.8, 4) is 0 Å². The van der Waals surface area contributed by atoms with Gasteiger partial charge < -0.3 is 16.4 Å². The number of rotatable bonds is 7. The van der Waals surface area contributed by atoms with Gasteiger partial charge in [0.25, 0.3) is 5.91 Å². The Bertz CT molecular complexity index is 1340. The molecule has 166 valence electrons. The van der Waals surface area contributed by atoms with Crippen molar-refractivity contribution in [3.63, 3.8) is 0 Å². The second-order valence-corrected chi connectivity index (χ2v) is 8.93. The number of hydrogen-bond acceptors (Lipinski definition) is 8. The Balaban J connectivity index is 1.38. The van der Waals surface area contributed by atoms with Crippen molar-refractivity contribution in [2.24, 2.45) is 0 Å². The fourth-order valence-corrected chi connectivity index (χ4v) is 4.20. The average Bonchev–Trinajstić information content (AvgIpc) is 3.62. The first-order valence-corrected chi connectivity index (χ1v) is 11.7. The number of para-hydroxylation sites is 2. The quantitative estimate of drug-likeness (QED) is 0.353. The molecule has 1 fully saturated rings. The molecule has 0 atom stereocenters. The third-order valence-corrected chi connectivity index (χ3v) is 6.20. The summed E-state index contributed by atoms with van der Waals surface area (Å²) in [5, 5.41) is 7.84. The van der Waals surface area contributed by atoms with Crippen LogP contribution in [0.5, 0.6) is 0 Å². The van der Waals surface area contributed by atoms with Crippen LogP contribution in [0.2, 0.25) is 0 Å². The standard InChI is InChI=1S/C24H23N7OS/c1-14-6-2-4-8-18(14)28-24-30-20(29-23(25)31-24)13-33-21-12-17(22(32)26-15-10-11-15)16-7-3-5-9-19(16)27-21/h2-9,12,15H,10-11,13H2,1H3,(H,26,32)(H3,25,28,29,30,31). The van der Waals surface area contributed by atoms with Gasteiger partial charge in [-0.1, -0.05) is 48.2 Å². The Kier molecular flexibility index (Phi) is 5.78. The molecule has 1 aliphatic rings. The minimum atomic E-state index is -0.0629. The van der Waals surface area contributed by atoms with Gasteiger partial charge in [0.15, 0.2) is 0 Å². The number of nitrogen functional groups attached to an aromatic ring is 1. The van der Waals surface area contributed by atoms with Gasteiger partial charge in [-0.05, 0) is 43.5 Å². The molecule has 5 rings (SSSR count). The first-order valence-electron chi connectivity index (χ1n) is 10.7. The SMILES string of the molecule is Cc1ccccc1Nc1nc(N)nc(CSc2cc(C(=O)NC3CC3)c3ccccc3n2)n1. The van der Waals surface area contributed by atoms with Crippen LogP contribution in [0.15, 0.2) is 59.6 Å². The van der Waals surface area contributed by atoms with Gasteiger partial charge in [-0.3, -0.25) is 4.79 Å². The Morgan fingerprint density at radius 2 is 1.85 bits per heavy atom. The number of benzene rings is 2. The van der Waals surface area contributed by atoms with Gasteiger partial charge in [0.2, 0.25) is 11.9 Å². The van der Waals surface area contributed by atoms with Crippen LogP contribution in [-0.2, 0) is 5.75 Å². The Morgan fingerprint density at radius 1 is 1.06 bits per heavy atom. The molecule has 2 aromatic heterocycles. The number of nitrogens with zero attached hydrogens (tertiary/aromatic N) is 4. The number of aromatic nitrogens is 4. The van der Waals surface area contributed by atoms with E-state index in [0.29, 0.717) is 23.1 Å². The monoisotopic (exact) mass is 457 g/mol. The summed E-state index contributed by atoms with van der Waals surface area (Å²) in [6, 6.07) is 17.7. The van der Waals surface area contributed by atoms with Crippen molar-refractivity contribution in [1.29, 1.82) is 0 Å². The zero-order valence-corrected chi connectivity index (χ0v) is 18.9. The van der Waals surface area contributed by atoms with Gasteiger partial charge in [0.05, 0.1) is 21.9 Å². The number of nitrogens with one attached hydrogen (secondary N) is 2. The third-order valence-electron chi connectivity index (χ3n) is 5.29. The maximum absolute atomic E-state index is 12.8. The van der Waals surface area contributed by atoms with Gasteiger partial charge >= 0.3 is 0 Å². The van der Waals surface area contributed by atoms with E-state index in [-0.39, 0.29) is 17.9 Å². The smallest absolute Gasteiger partial charge is 0.252 e. The summed E-state index contributed by atoms with van der Waals surface area (Å²) in [6.45, 7) is 2.01.